The van der Waals surface area contributed by atoms with Crippen LogP contribution in [-0.4, -0.2) is 26.4 Å². The van der Waals surface area contributed by atoms with Crippen molar-refractivity contribution in [2.75, 3.05) is 5.73 Å². The van der Waals surface area contributed by atoms with Gasteiger partial charge in [-0.05, 0) is 0 Å². The molecule has 5 N–H and O–H groups in total. The van der Waals surface area contributed by atoms with Crippen LogP contribution in [0.1, 0.15) is 18.3 Å². The Balaban J connectivity index is 2.78. The summed E-state index contributed by atoms with van der Waals surface area (Å²) < 4.78 is 0. The van der Waals surface area contributed by atoms with Gasteiger partial charge in [-0.2, -0.15) is 4.98 Å². The molecule has 7 nitrogen and oxygen atoms in total. The molecule has 74 valence electrons. The quantitative estimate of drug-likeness (QED) is 0.495. The lowest BCUT2D eigenvalue weighted by Gasteiger charge is -2.09. The highest BCUT2D eigenvalue weighted by Crippen LogP contribution is 2.11. The molecule has 0 radical (unpaired) electrons. The van der Waals surface area contributed by atoms with Crippen LogP contribution in [0.2, 0.25) is 0 Å². The second-order valence-electron chi connectivity index (χ2n) is 2.49. The van der Waals surface area contributed by atoms with Crippen molar-refractivity contribution >= 4 is 12.0 Å². The zero-order valence-electron chi connectivity index (χ0n) is 7.19. The first-order valence-electron chi connectivity index (χ1n) is 3.74. The minimum atomic E-state index is -1.18. The number of terminal acetylenes is 1. The van der Waals surface area contributed by atoms with Crippen LogP contribution in [0.25, 0.3) is 0 Å². The van der Waals surface area contributed by atoms with Crippen LogP contribution in [-0.2, 0) is 0 Å². The normalized spacial score (nSPS) is 11.6. The van der Waals surface area contributed by atoms with Gasteiger partial charge in [-0.15, -0.1) is 17.4 Å². The molecule has 0 aliphatic heterocycles. The number of hydrogen-bond acceptors (Lipinski definition) is 4. The van der Waals surface area contributed by atoms with Gasteiger partial charge in [0.25, 0.3) is 0 Å². The van der Waals surface area contributed by atoms with Gasteiger partial charge in [0.15, 0.2) is 0 Å². The van der Waals surface area contributed by atoms with E-state index >= 15 is 0 Å². The summed E-state index contributed by atoms with van der Waals surface area (Å²) in [5.74, 6) is 2.68. The number of carboxylic acid groups (broad SMARTS) is 1. The molecule has 1 aromatic heterocycles. The largest absolute Gasteiger partial charge is 0.465 e. The van der Waals surface area contributed by atoms with Crippen molar-refractivity contribution in [3.05, 3.63) is 5.82 Å². The van der Waals surface area contributed by atoms with E-state index in [1.165, 1.54) is 0 Å². The molecule has 0 bridgehead atoms. The Morgan fingerprint density at radius 2 is 2.57 bits per heavy atom. The van der Waals surface area contributed by atoms with Gasteiger partial charge in [0.05, 0.1) is 0 Å². The SMILES string of the molecule is C#CCC(NC(=O)O)c1nc(N)n[nH]1. The maximum absolute atomic E-state index is 10.4. The number of nitrogens with two attached hydrogens (primary N) is 1. The van der Waals surface area contributed by atoms with Gasteiger partial charge in [0.1, 0.15) is 11.9 Å². The van der Waals surface area contributed by atoms with E-state index in [0.29, 0.717) is 5.82 Å². The third-order valence-corrected chi connectivity index (χ3v) is 1.47. The van der Waals surface area contributed by atoms with Crippen molar-refractivity contribution in [3.8, 4) is 12.3 Å². The minimum Gasteiger partial charge on any atom is -0.465 e. The Kier molecular flexibility index (Phi) is 2.91. The fourth-order valence-electron chi connectivity index (χ4n) is 0.927. The van der Waals surface area contributed by atoms with Gasteiger partial charge in [-0.25, -0.2) is 4.79 Å². The monoisotopic (exact) mass is 195 g/mol. The number of anilines is 1. The summed E-state index contributed by atoms with van der Waals surface area (Å²) in [7, 11) is 0. The molecule has 7 heteroatoms. The lowest BCUT2D eigenvalue weighted by atomic mass is 10.2. The predicted octanol–water partition coefficient (Wildman–Crippen LogP) is -0.281. The van der Waals surface area contributed by atoms with E-state index < -0.39 is 12.1 Å². The molecular formula is C7H9N5O2. The lowest BCUT2D eigenvalue weighted by Crippen LogP contribution is -2.27. The summed E-state index contributed by atoms with van der Waals surface area (Å²) >= 11 is 0. The van der Waals surface area contributed by atoms with Gasteiger partial charge < -0.3 is 16.2 Å². The zero-order valence-corrected chi connectivity index (χ0v) is 7.19. The van der Waals surface area contributed by atoms with Crippen LogP contribution in [0, 0.1) is 12.3 Å². The first kappa shape index (κ1) is 9.85. The highest BCUT2D eigenvalue weighted by Gasteiger charge is 2.16. The topological polar surface area (TPSA) is 117 Å². The van der Waals surface area contributed by atoms with Crippen LogP contribution in [0.15, 0.2) is 0 Å². The van der Waals surface area contributed by atoms with Gasteiger partial charge in [0, 0.05) is 6.42 Å². The Morgan fingerprint density at radius 1 is 1.86 bits per heavy atom. The first-order chi connectivity index (χ1) is 6.63. The van der Waals surface area contributed by atoms with Gasteiger partial charge in [0.2, 0.25) is 5.95 Å². The van der Waals surface area contributed by atoms with Crippen molar-refractivity contribution in [1.29, 1.82) is 0 Å². The number of nitrogens with zero attached hydrogens (tertiary/aromatic N) is 2. The van der Waals surface area contributed by atoms with Gasteiger partial charge >= 0.3 is 6.09 Å². The van der Waals surface area contributed by atoms with E-state index in [9.17, 15) is 4.79 Å². The number of nitrogen functional groups attached to an aromatic ring is 1. The molecule has 0 spiro atoms. The number of rotatable bonds is 3. The van der Waals surface area contributed by atoms with Crippen molar-refractivity contribution in [3.63, 3.8) is 0 Å². The van der Waals surface area contributed by atoms with E-state index in [1.54, 1.807) is 0 Å². The summed E-state index contributed by atoms with van der Waals surface area (Å²) in [5, 5.41) is 16.8. The average Bonchev–Trinajstić information content (AvgIpc) is 2.50. The minimum absolute atomic E-state index is 0.0502. The number of amides is 1. The Morgan fingerprint density at radius 3 is 3.00 bits per heavy atom. The van der Waals surface area contributed by atoms with Crippen molar-refractivity contribution in [2.45, 2.75) is 12.5 Å². The van der Waals surface area contributed by atoms with Crippen LogP contribution < -0.4 is 11.1 Å². The Hall–Kier alpha value is -2.23. The third-order valence-electron chi connectivity index (χ3n) is 1.47. The number of hydrogen-bond donors (Lipinski definition) is 4. The highest BCUT2D eigenvalue weighted by atomic mass is 16.4. The summed E-state index contributed by atoms with van der Waals surface area (Å²) in [5.41, 5.74) is 5.26. The second kappa shape index (κ2) is 4.13. The van der Waals surface area contributed by atoms with Crippen molar-refractivity contribution in [2.24, 2.45) is 0 Å². The smallest absolute Gasteiger partial charge is 0.405 e. The standard InChI is InChI=1S/C7H9N5O2/c1-2-3-4(9-7(13)14)5-10-6(8)12-11-5/h1,4,9H,3H2,(H,13,14)(H3,8,10,11,12). The summed E-state index contributed by atoms with van der Waals surface area (Å²) in [6, 6.07) is -0.609. The van der Waals surface area contributed by atoms with E-state index in [0.717, 1.165) is 0 Å². The molecule has 0 fully saturated rings. The first-order valence-corrected chi connectivity index (χ1v) is 3.74. The average molecular weight is 195 g/mol. The van der Waals surface area contributed by atoms with Crippen molar-refractivity contribution < 1.29 is 9.90 Å². The lowest BCUT2D eigenvalue weighted by molar-refractivity contribution is 0.189. The van der Waals surface area contributed by atoms with Gasteiger partial charge in [-0.3, -0.25) is 5.10 Å². The van der Waals surface area contributed by atoms with E-state index in [1.807, 2.05) is 0 Å². The molecule has 14 heavy (non-hydrogen) atoms. The fourth-order valence-corrected chi connectivity index (χ4v) is 0.927. The van der Waals surface area contributed by atoms with Crippen LogP contribution in [0.5, 0.6) is 0 Å². The third kappa shape index (κ3) is 2.38. The highest BCUT2D eigenvalue weighted by molar-refractivity contribution is 5.65. The summed E-state index contributed by atoms with van der Waals surface area (Å²) in [6.45, 7) is 0. The molecule has 1 unspecified atom stereocenters. The number of aromatic nitrogens is 3. The molecule has 1 amide bonds. The number of nitrogens with one attached hydrogen (secondary N) is 2. The maximum atomic E-state index is 10.4. The fraction of sp³-hybridized carbons (Fsp3) is 0.286. The Bertz CT molecular complexity index is 366. The van der Waals surface area contributed by atoms with Crippen molar-refractivity contribution in [1.82, 2.24) is 20.5 Å². The molecule has 0 aliphatic carbocycles. The number of H-pyrrole nitrogens is 1. The summed E-state index contributed by atoms with van der Waals surface area (Å²) in [4.78, 5) is 14.2. The van der Waals surface area contributed by atoms with E-state index in [-0.39, 0.29) is 12.4 Å². The maximum Gasteiger partial charge on any atom is 0.405 e. The molecular weight excluding hydrogens is 186 g/mol. The number of aromatic amines is 1. The zero-order chi connectivity index (χ0) is 10.6. The van der Waals surface area contributed by atoms with Crippen LogP contribution in [0.3, 0.4) is 0 Å². The molecule has 0 saturated carbocycles. The Labute approximate surface area is 79.7 Å². The van der Waals surface area contributed by atoms with Gasteiger partial charge in [-0.1, -0.05) is 0 Å². The number of carbonyl (C=O) groups is 1. The molecule has 0 aliphatic rings. The van der Waals surface area contributed by atoms with E-state index in [2.05, 4.69) is 26.4 Å². The molecule has 1 rings (SSSR count). The van der Waals surface area contributed by atoms with Crippen LogP contribution >= 0.6 is 0 Å². The molecule has 1 heterocycles. The second-order valence-corrected chi connectivity index (χ2v) is 2.49. The molecule has 0 aromatic carbocycles. The van der Waals surface area contributed by atoms with Crippen LogP contribution in [0.4, 0.5) is 10.7 Å². The predicted molar refractivity (Wildman–Crippen MR) is 48.1 cm³/mol. The molecule has 1 aromatic rings. The molecule has 0 saturated heterocycles. The van der Waals surface area contributed by atoms with E-state index in [4.69, 9.17) is 17.3 Å². The summed E-state index contributed by atoms with van der Waals surface area (Å²) in [6.07, 6.45) is 4.07. The molecule has 1 atom stereocenters.